The van der Waals surface area contributed by atoms with Crippen molar-refractivity contribution in [2.24, 2.45) is 0 Å². The highest BCUT2D eigenvalue weighted by Crippen LogP contribution is 2.59. The molecule has 0 amide bonds. The molecule has 0 heterocycles. The summed E-state index contributed by atoms with van der Waals surface area (Å²) in [5.41, 5.74) is 12.5. The van der Waals surface area contributed by atoms with Crippen LogP contribution < -0.4 is 9.47 Å². The van der Waals surface area contributed by atoms with E-state index in [0.717, 1.165) is 22.3 Å². The van der Waals surface area contributed by atoms with Crippen molar-refractivity contribution in [1.29, 1.82) is 0 Å². The van der Waals surface area contributed by atoms with E-state index in [1.54, 1.807) is 0 Å². The molecule has 2 aliphatic carbocycles. The van der Waals surface area contributed by atoms with Crippen LogP contribution in [0.2, 0.25) is 0 Å². The van der Waals surface area contributed by atoms with Gasteiger partial charge in [0.2, 0.25) is 0 Å². The second-order valence-electron chi connectivity index (χ2n) is 13.6. The number of rotatable bonds is 8. The molecular weight excluding hydrogens is 665 g/mol. The lowest BCUT2D eigenvalue weighted by Crippen LogP contribution is -2.30. The van der Waals surface area contributed by atoms with Gasteiger partial charge in [0.1, 0.15) is 11.5 Å². The molecule has 4 heteroatoms. The summed E-state index contributed by atoms with van der Waals surface area (Å²) in [6.07, 6.45) is 2.33. The van der Waals surface area contributed by atoms with Crippen molar-refractivity contribution in [3.05, 3.63) is 240 Å². The molecule has 0 saturated heterocycles. The fraction of sp³-hybridized carbons (Fsp3) is 0.0400. The highest BCUT2D eigenvalue weighted by Gasteiger charge is 2.48. The summed E-state index contributed by atoms with van der Waals surface area (Å²) in [7, 11) is 0. The van der Waals surface area contributed by atoms with Crippen molar-refractivity contribution in [3.8, 4) is 33.8 Å². The molecule has 0 spiro atoms. The second kappa shape index (κ2) is 12.9. The largest absolute Gasteiger partial charge is 0.423 e. The van der Waals surface area contributed by atoms with Crippen LogP contribution in [0.3, 0.4) is 0 Å². The summed E-state index contributed by atoms with van der Waals surface area (Å²) in [6, 6.07) is 59.2. The van der Waals surface area contributed by atoms with Crippen LogP contribution in [-0.2, 0) is 20.4 Å². The first-order valence-corrected chi connectivity index (χ1v) is 17.9. The quantitative estimate of drug-likeness (QED) is 0.0901. The number of hydrogen-bond acceptors (Lipinski definition) is 4. The van der Waals surface area contributed by atoms with Gasteiger partial charge in [-0.3, -0.25) is 0 Å². The molecule has 0 atom stereocenters. The Bertz CT molecular complexity index is 2340. The first-order valence-electron chi connectivity index (χ1n) is 17.9. The molecule has 0 N–H and O–H groups in total. The van der Waals surface area contributed by atoms with Crippen LogP contribution in [0.25, 0.3) is 22.3 Å². The zero-order chi connectivity index (χ0) is 36.9. The Morgan fingerprint density at radius 3 is 0.870 bits per heavy atom. The number of esters is 2. The predicted molar refractivity (Wildman–Crippen MR) is 213 cm³/mol. The highest BCUT2D eigenvalue weighted by molar-refractivity contribution is 5.89. The number of carbonyl (C=O) groups is 2. The smallest absolute Gasteiger partial charge is 0.335 e. The average molecular weight is 699 g/mol. The van der Waals surface area contributed by atoms with Gasteiger partial charge in [-0.2, -0.15) is 0 Å². The molecule has 0 saturated carbocycles. The lowest BCUT2D eigenvalue weighted by Gasteiger charge is -2.36. The van der Waals surface area contributed by atoms with Gasteiger partial charge in [-0.1, -0.05) is 159 Å². The Balaban J connectivity index is 1.27. The summed E-state index contributed by atoms with van der Waals surface area (Å²) in [5.74, 6) is -0.0824. The monoisotopic (exact) mass is 698 g/mol. The lowest BCUT2D eigenvalue weighted by molar-refractivity contribution is -0.129. The fourth-order valence-electron chi connectivity index (χ4n) is 8.88. The lowest BCUT2D eigenvalue weighted by atomic mass is 9.65. The van der Waals surface area contributed by atoms with E-state index in [4.69, 9.17) is 9.47 Å². The van der Waals surface area contributed by atoms with E-state index in [0.29, 0.717) is 11.5 Å². The first kappa shape index (κ1) is 32.8. The molecule has 4 nitrogen and oxygen atoms in total. The molecule has 0 radical (unpaired) electrons. The maximum atomic E-state index is 12.1. The third-order valence-corrected chi connectivity index (χ3v) is 11.0. The molecular formula is C50H34O4. The molecule has 7 aromatic rings. The van der Waals surface area contributed by atoms with E-state index in [-0.39, 0.29) is 0 Å². The Morgan fingerprint density at radius 1 is 0.370 bits per heavy atom. The van der Waals surface area contributed by atoms with Crippen molar-refractivity contribution in [3.63, 3.8) is 0 Å². The van der Waals surface area contributed by atoms with E-state index in [1.807, 2.05) is 24.3 Å². The molecule has 258 valence electrons. The van der Waals surface area contributed by atoms with Crippen molar-refractivity contribution in [2.75, 3.05) is 0 Å². The van der Waals surface area contributed by atoms with Gasteiger partial charge >= 0.3 is 11.9 Å². The van der Waals surface area contributed by atoms with E-state index in [2.05, 4.69) is 159 Å². The normalized spacial score (nSPS) is 13.8. The first-order chi connectivity index (χ1) is 26.5. The Kier molecular flexibility index (Phi) is 7.83. The molecule has 0 aromatic heterocycles. The van der Waals surface area contributed by atoms with Crippen molar-refractivity contribution >= 4 is 11.9 Å². The highest BCUT2D eigenvalue weighted by atomic mass is 16.5. The third-order valence-electron chi connectivity index (χ3n) is 11.0. The van der Waals surface area contributed by atoms with Crippen LogP contribution in [-0.4, -0.2) is 11.9 Å². The van der Waals surface area contributed by atoms with Gasteiger partial charge in [0.25, 0.3) is 0 Å². The maximum absolute atomic E-state index is 12.1. The van der Waals surface area contributed by atoms with Crippen LogP contribution in [0.1, 0.15) is 44.5 Å². The molecule has 2 aliphatic rings. The van der Waals surface area contributed by atoms with Gasteiger partial charge < -0.3 is 9.47 Å². The van der Waals surface area contributed by atoms with Gasteiger partial charge in [-0.25, -0.2) is 9.59 Å². The van der Waals surface area contributed by atoms with Gasteiger partial charge in [0.05, 0.1) is 10.8 Å². The molecule has 0 bridgehead atoms. The van der Waals surface area contributed by atoms with E-state index < -0.39 is 22.8 Å². The van der Waals surface area contributed by atoms with Gasteiger partial charge in [0.15, 0.2) is 0 Å². The van der Waals surface area contributed by atoms with Gasteiger partial charge in [-0.05, 0) is 91.0 Å². The minimum absolute atomic E-state index is 0.458. The number of hydrogen-bond donors (Lipinski definition) is 0. The summed E-state index contributed by atoms with van der Waals surface area (Å²) < 4.78 is 11.0. The summed E-state index contributed by atoms with van der Waals surface area (Å²) in [5, 5.41) is 0. The SMILES string of the molecule is C=CC(=O)Oc1ccc(C2(c3ccc(C4(c5ccc(OC(=O)C=C)cc5)c5ccccc5-c5ccccc54)cc3)c3ccccc3-c3ccccc32)cc1. The molecule has 9 rings (SSSR count). The van der Waals surface area contributed by atoms with Crippen LogP contribution in [0.15, 0.2) is 195 Å². The van der Waals surface area contributed by atoms with Crippen LogP contribution >= 0.6 is 0 Å². The summed E-state index contributed by atoms with van der Waals surface area (Å²) in [4.78, 5) is 24.1. The van der Waals surface area contributed by atoms with Crippen molar-refractivity contribution in [1.82, 2.24) is 0 Å². The number of fused-ring (bicyclic) bond motifs is 6. The third kappa shape index (κ3) is 4.77. The summed E-state index contributed by atoms with van der Waals surface area (Å²) in [6.45, 7) is 7.09. The topological polar surface area (TPSA) is 52.6 Å². The van der Waals surface area contributed by atoms with Crippen LogP contribution in [0.5, 0.6) is 11.5 Å². The van der Waals surface area contributed by atoms with E-state index in [9.17, 15) is 9.59 Å². The Morgan fingerprint density at radius 2 is 0.611 bits per heavy atom. The fourth-order valence-corrected chi connectivity index (χ4v) is 8.88. The van der Waals surface area contributed by atoms with E-state index >= 15 is 0 Å². The predicted octanol–water partition coefficient (Wildman–Crippen LogP) is 10.6. The standard InChI is InChI=1S/C50H34O4/c1-3-47(51)53-37-29-25-35(26-30-37)49(43-17-9-5-13-39(43)40-14-6-10-18-44(40)49)33-21-23-34(24-22-33)50(36-27-31-38(32-28-36)54-48(52)4-2)45-19-11-7-15-41(45)42-16-8-12-20-46(42)50/h3-32H,1-2H2. The molecule has 7 aromatic carbocycles. The molecule has 54 heavy (non-hydrogen) atoms. The molecule has 0 fully saturated rings. The van der Waals surface area contributed by atoms with Crippen molar-refractivity contribution < 1.29 is 19.1 Å². The summed E-state index contributed by atoms with van der Waals surface area (Å²) >= 11 is 0. The Hall–Kier alpha value is -7.04. The van der Waals surface area contributed by atoms with E-state index in [1.165, 1.54) is 56.7 Å². The van der Waals surface area contributed by atoms with Crippen molar-refractivity contribution in [2.45, 2.75) is 10.8 Å². The maximum Gasteiger partial charge on any atom is 0.335 e. The Labute approximate surface area is 314 Å². The van der Waals surface area contributed by atoms with Gasteiger partial charge in [-0.15, -0.1) is 0 Å². The minimum atomic E-state index is -0.651. The zero-order valence-corrected chi connectivity index (χ0v) is 29.4. The minimum Gasteiger partial charge on any atom is -0.423 e. The van der Waals surface area contributed by atoms with Crippen LogP contribution in [0.4, 0.5) is 0 Å². The molecule has 0 aliphatic heterocycles. The van der Waals surface area contributed by atoms with Crippen LogP contribution in [0, 0.1) is 0 Å². The average Bonchev–Trinajstić information content (AvgIpc) is 3.70. The number of ether oxygens (including phenoxy) is 2. The number of benzene rings is 7. The molecule has 0 unspecified atom stereocenters. The zero-order valence-electron chi connectivity index (χ0n) is 29.4. The van der Waals surface area contributed by atoms with Gasteiger partial charge in [0, 0.05) is 12.2 Å². The second-order valence-corrected chi connectivity index (χ2v) is 13.6. The number of carbonyl (C=O) groups excluding carboxylic acids is 2.